The van der Waals surface area contributed by atoms with E-state index in [9.17, 15) is 8.42 Å². The molecule has 1 aromatic rings. The third-order valence-corrected chi connectivity index (χ3v) is 6.98. The maximum atomic E-state index is 13.0. The fraction of sp³-hybridized carbons (Fsp3) is 0.600. The van der Waals surface area contributed by atoms with Crippen LogP contribution in [0, 0.1) is 0 Å². The molecule has 2 heterocycles. The molecule has 6 nitrogen and oxygen atoms in total. The molecule has 3 atom stereocenters. The lowest BCUT2D eigenvalue weighted by molar-refractivity contribution is -0.00290. The second kappa shape index (κ2) is 6.25. The van der Waals surface area contributed by atoms with Gasteiger partial charge in [0.15, 0.2) is 0 Å². The first-order valence-electron chi connectivity index (χ1n) is 7.66. The van der Waals surface area contributed by atoms with Crippen molar-refractivity contribution in [2.75, 3.05) is 19.7 Å². The average Bonchev–Trinajstić information content (AvgIpc) is 2.88. The Balaban J connectivity index is 1.79. The summed E-state index contributed by atoms with van der Waals surface area (Å²) in [6.07, 6.45) is -0.197. The van der Waals surface area contributed by atoms with Gasteiger partial charge in [-0.3, -0.25) is 10.9 Å². The summed E-state index contributed by atoms with van der Waals surface area (Å²) in [4.78, 5) is 0. The largest absolute Gasteiger partial charge is 0.371 e. The molecule has 0 amide bonds. The van der Waals surface area contributed by atoms with Crippen molar-refractivity contribution >= 4 is 10.0 Å². The Bertz CT molecular complexity index is 598. The van der Waals surface area contributed by atoms with Crippen molar-refractivity contribution in [1.29, 1.82) is 0 Å². The van der Waals surface area contributed by atoms with Gasteiger partial charge in [0.1, 0.15) is 5.25 Å². The van der Waals surface area contributed by atoms with Crippen molar-refractivity contribution in [3.63, 3.8) is 0 Å². The molecule has 2 N–H and O–H groups in total. The van der Waals surface area contributed by atoms with Crippen molar-refractivity contribution in [2.45, 2.75) is 37.3 Å². The normalized spacial score (nSPS) is 33.9. The maximum Gasteiger partial charge on any atom is 0.220 e. The predicted molar refractivity (Wildman–Crippen MR) is 84.6 cm³/mol. The topological polar surface area (TPSA) is 70.7 Å². The van der Waals surface area contributed by atoms with Gasteiger partial charge in [0, 0.05) is 25.2 Å². The van der Waals surface area contributed by atoms with Crippen molar-refractivity contribution in [2.24, 2.45) is 0 Å². The molecule has 0 spiro atoms. The monoisotopic (exact) mass is 325 g/mol. The Hall–Kier alpha value is -0.990. The van der Waals surface area contributed by atoms with Gasteiger partial charge < -0.3 is 4.74 Å². The van der Waals surface area contributed by atoms with Crippen LogP contribution in [0.4, 0.5) is 0 Å². The van der Waals surface area contributed by atoms with Gasteiger partial charge in [0.05, 0.1) is 12.7 Å². The first-order chi connectivity index (χ1) is 10.5. The van der Waals surface area contributed by atoms with Crippen LogP contribution >= 0.6 is 0 Å². The Morgan fingerprint density at radius 3 is 2.41 bits per heavy atom. The average molecular weight is 325 g/mol. The number of benzene rings is 1. The van der Waals surface area contributed by atoms with Crippen LogP contribution in [0.5, 0.6) is 0 Å². The summed E-state index contributed by atoms with van der Waals surface area (Å²) in [5.74, 6) is 0. The van der Waals surface area contributed by atoms with Crippen LogP contribution in [0.3, 0.4) is 0 Å². The van der Waals surface area contributed by atoms with Crippen molar-refractivity contribution in [3.8, 4) is 0 Å². The summed E-state index contributed by atoms with van der Waals surface area (Å²) >= 11 is 0. The Morgan fingerprint density at radius 1 is 1.14 bits per heavy atom. The van der Waals surface area contributed by atoms with Gasteiger partial charge in [-0.2, -0.15) is 4.31 Å². The summed E-state index contributed by atoms with van der Waals surface area (Å²) in [7, 11) is -3.37. The molecule has 2 saturated heterocycles. The van der Waals surface area contributed by atoms with Crippen LogP contribution in [-0.2, 0) is 14.8 Å². The molecule has 0 aromatic heterocycles. The molecule has 7 heteroatoms. The van der Waals surface area contributed by atoms with E-state index in [0.29, 0.717) is 19.7 Å². The highest BCUT2D eigenvalue weighted by Crippen LogP contribution is 2.27. The van der Waals surface area contributed by atoms with E-state index in [1.807, 2.05) is 44.2 Å². The van der Waals surface area contributed by atoms with E-state index >= 15 is 0 Å². The maximum absolute atomic E-state index is 13.0. The van der Waals surface area contributed by atoms with Crippen molar-refractivity contribution < 1.29 is 13.2 Å². The molecule has 3 unspecified atom stereocenters. The van der Waals surface area contributed by atoms with Crippen LogP contribution in [0.25, 0.3) is 0 Å². The van der Waals surface area contributed by atoms with E-state index < -0.39 is 15.3 Å². The first kappa shape index (κ1) is 15.9. The van der Waals surface area contributed by atoms with Gasteiger partial charge in [0.2, 0.25) is 10.0 Å². The molecular weight excluding hydrogens is 302 g/mol. The number of rotatable bonds is 3. The zero-order valence-corrected chi connectivity index (χ0v) is 13.7. The molecule has 3 rings (SSSR count). The highest BCUT2D eigenvalue weighted by Gasteiger charge is 2.44. The Kier molecular flexibility index (Phi) is 4.52. The summed E-state index contributed by atoms with van der Waals surface area (Å²) in [6, 6.07) is 9.56. The number of hydrazine groups is 1. The minimum atomic E-state index is -3.37. The fourth-order valence-corrected chi connectivity index (χ4v) is 5.46. The number of morpholine rings is 1. The minimum absolute atomic E-state index is 0.113. The van der Waals surface area contributed by atoms with Gasteiger partial charge >= 0.3 is 0 Å². The molecule has 0 saturated carbocycles. The molecule has 2 fully saturated rings. The van der Waals surface area contributed by atoms with Crippen LogP contribution in [0.15, 0.2) is 30.3 Å². The van der Waals surface area contributed by atoms with E-state index in [0.717, 1.165) is 5.56 Å². The quantitative estimate of drug-likeness (QED) is 0.854. The lowest BCUT2D eigenvalue weighted by atomic mass is 10.1. The molecule has 1 aromatic carbocycles. The van der Waals surface area contributed by atoms with Crippen LogP contribution in [0.1, 0.15) is 25.5 Å². The summed E-state index contributed by atoms with van der Waals surface area (Å²) in [5.41, 5.74) is 7.06. The smallest absolute Gasteiger partial charge is 0.220 e. The van der Waals surface area contributed by atoms with Crippen LogP contribution in [-0.4, -0.2) is 49.8 Å². The zero-order valence-electron chi connectivity index (χ0n) is 12.9. The third kappa shape index (κ3) is 2.91. The molecule has 22 heavy (non-hydrogen) atoms. The number of sulfonamides is 1. The third-order valence-electron chi connectivity index (χ3n) is 4.43. The SMILES string of the molecule is CC1NNC(C)C1S(=O)(=O)N1CCOC(c2ccccc2)C1. The number of nitrogens with one attached hydrogen (secondary N) is 2. The number of hydrogen-bond acceptors (Lipinski definition) is 5. The van der Waals surface area contributed by atoms with E-state index in [2.05, 4.69) is 10.9 Å². The highest BCUT2D eigenvalue weighted by atomic mass is 32.2. The molecule has 0 aliphatic carbocycles. The van der Waals surface area contributed by atoms with Gasteiger partial charge in [-0.15, -0.1) is 0 Å². The number of nitrogens with zero attached hydrogens (tertiary/aromatic N) is 1. The van der Waals surface area contributed by atoms with Gasteiger partial charge in [-0.05, 0) is 19.4 Å². The summed E-state index contributed by atoms with van der Waals surface area (Å²) in [6.45, 7) is 5.01. The zero-order chi connectivity index (χ0) is 15.7. The molecule has 122 valence electrons. The second-order valence-corrected chi connectivity index (χ2v) is 8.09. The van der Waals surface area contributed by atoms with E-state index in [1.165, 1.54) is 0 Å². The standard InChI is InChI=1S/C15H23N3O3S/c1-11-15(12(2)17-16-11)22(19,20)18-8-9-21-14(10-18)13-6-4-3-5-7-13/h3-7,11-12,14-17H,8-10H2,1-2H3. The molecule has 2 aliphatic heterocycles. The van der Waals surface area contributed by atoms with E-state index in [-0.39, 0.29) is 18.2 Å². The van der Waals surface area contributed by atoms with Crippen LogP contribution < -0.4 is 10.9 Å². The minimum Gasteiger partial charge on any atom is -0.371 e. The van der Waals surface area contributed by atoms with E-state index in [4.69, 9.17) is 4.74 Å². The lowest BCUT2D eigenvalue weighted by Crippen LogP contribution is -2.51. The second-order valence-electron chi connectivity index (χ2n) is 6.00. The fourth-order valence-electron chi connectivity index (χ4n) is 3.27. The summed E-state index contributed by atoms with van der Waals surface area (Å²) < 4.78 is 33.3. The summed E-state index contributed by atoms with van der Waals surface area (Å²) in [5, 5.41) is -0.456. The molecule has 2 aliphatic rings. The Labute approximate surface area is 131 Å². The van der Waals surface area contributed by atoms with Crippen LogP contribution in [0.2, 0.25) is 0 Å². The van der Waals surface area contributed by atoms with Gasteiger partial charge in [-0.25, -0.2) is 8.42 Å². The van der Waals surface area contributed by atoms with Gasteiger partial charge in [0.25, 0.3) is 0 Å². The predicted octanol–water partition coefficient (Wildman–Crippen LogP) is 0.643. The number of ether oxygens (including phenoxy) is 1. The van der Waals surface area contributed by atoms with E-state index in [1.54, 1.807) is 4.31 Å². The van der Waals surface area contributed by atoms with Crippen molar-refractivity contribution in [3.05, 3.63) is 35.9 Å². The number of hydrogen-bond donors (Lipinski definition) is 2. The Morgan fingerprint density at radius 2 is 1.77 bits per heavy atom. The first-order valence-corrected chi connectivity index (χ1v) is 9.17. The molecular formula is C15H23N3O3S. The van der Waals surface area contributed by atoms with Gasteiger partial charge in [-0.1, -0.05) is 30.3 Å². The van der Waals surface area contributed by atoms with Crippen molar-refractivity contribution in [1.82, 2.24) is 15.2 Å². The molecule has 0 radical (unpaired) electrons. The lowest BCUT2D eigenvalue weighted by Gasteiger charge is -2.35. The highest BCUT2D eigenvalue weighted by molar-refractivity contribution is 7.89. The molecule has 0 bridgehead atoms.